The quantitative estimate of drug-likeness (QED) is 0.591. The molecule has 0 aliphatic carbocycles. The number of hydrogen-bond acceptors (Lipinski definition) is 1. The van der Waals surface area contributed by atoms with E-state index in [2.05, 4.69) is 11.8 Å². The van der Waals surface area contributed by atoms with Gasteiger partial charge in [0.05, 0.1) is 0 Å². The van der Waals surface area contributed by atoms with Gasteiger partial charge in [0.2, 0.25) is 0 Å². The Morgan fingerprint density at radius 1 is 1.09 bits per heavy atom. The summed E-state index contributed by atoms with van der Waals surface area (Å²) in [4.78, 5) is 0. The van der Waals surface area contributed by atoms with Gasteiger partial charge in [0, 0.05) is 6.42 Å². The van der Waals surface area contributed by atoms with Crippen LogP contribution < -0.4 is 0 Å². The first-order chi connectivity index (χ1) is 5.43. The van der Waals surface area contributed by atoms with Crippen molar-refractivity contribution in [3.8, 4) is 11.8 Å². The minimum absolute atomic E-state index is 0.0488. The Labute approximate surface area is 66.7 Å². The molecule has 0 spiro atoms. The maximum atomic E-state index is 8.37. The Kier molecular flexibility index (Phi) is 3.24. The molecule has 11 heavy (non-hydrogen) atoms. The fourth-order valence-corrected chi connectivity index (χ4v) is 0.816. The fourth-order valence-electron chi connectivity index (χ4n) is 0.816. The summed E-state index contributed by atoms with van der Waals surface area (Å²) < 4.78 is 0. The first-order valence-electron chi connectivity index (χ1n) is 3.54. The van der Waals surface area contributed by atoms with Gasteiger partial charge in [0.15, 0.2) is 0 Å². The molecule has 56 valence electrons. The van der Waals surface area contributed by atoms with Crippen molar-refractivity contribution in [3.05, 3.63) is 35.9 Å². The zero-order chi connectivity index (χ0) is 7.94. The van der Waals surface area contributed by atoms with Crippen LogP contribution in [0.3, 0.4) is 0 Å². The molecule has 0 aliphatic heterocycles. The van der Waals surface area contributed by atoms with Crippen molar-refractivity contribution >= 4 is 0 Å². The van der Waals surface area contributed by atoms with Gasteiger partial charge in [0.25, 0.3) is 0 Å². The van der Waals surface area contributed by atoms with Gasteiger partial charge in [-0.25, -0.2) is 0 Å². The Hall–Kier alpha value is -1.26. The highest BCUT2D eigenvalue weighted by atomic mass is 16.2. The molecule has 1 rings (SSSR count). The van der Waals surface area contributed by atoms with Crippen LogP contribution in [0.1, 0.15) is 5.56 Å². The zero-order valence-electron chi connectivity index (χ0n) is 6.25. The monoisotopic (exact) mass is 146 g/mol. The van der Waals surface area contributed by atoms with Gasteiger partial charge >= 0.3 is 0 Å². The lowest BCUT2D eigenvalue weighted by molar-refractivity contribution is 0.350. The third-order valence-corrected chi connectivity index (χ3v) is 1.34. The van der Waals surface area contributed by atoms with Crippen molar-refractivity contribution < 1.29 is 5.11 Å². The van der Waals surface area contributed by atoms with Crippen LogP contribution in [-0.4, -0.2) is 11.7 Å². The Morgan fingerprint density at radius 3 is 2.45 bits per heavy atom. The smallest absolute Gasteiger partial charge is 0.104 e. The van der Waals surface area contributed by atoms with E-state index in [9.17, 15) is 0 Å². The van der Waals surface area contributed by atoms with Gasteiger partial charge in [-0.05, 0) is 5.56 Å². The van der Waals surface area contributed by atoms with Crippen molar-refractivity contribution in [1.82, 2.24) is 0 Å². The molecule has 0 bridgehead atoms. The summed E-state index contributed by atoms with van der Waals surface area (Å²) in [5.41, 5.74) is 1.19. The predicted molar refractivity (Wildman–Crippen MR) is 45.0 cm³/mol. The molecule has 0 atom stereocenters. The average molecular weight is 146 g/mol. The summed E-state index contributed by atoms with van der Waals surface area (Å²) >= 11 is 0. The third kappa shape index (κ3) is 2.88. The minimum Gasteiger partial charge on any atom is -0.384 e. The second kappa shape index (κ2) is 4.54. The summed E-state index contributed by atoms with van der Waals surface area (Å²) in [6.45, 7) is -0.0488. The third-order valence-electron chi connectivity index (χ3n) is 1.34. The second-order valence-corrected chi connectivity index (χ2v) is 2.17. The van der Waals surface area contributed by atoms with Crippen molar-refractivity contribution in [2.24, 2.45) is 0 Å². The van der Waals surface area contributed by atoms with Crippen LogP contribution in [0.5, 0.6) is 0 Å². The van der Waals surface area contributed by atoms with Gasteiger partial charge in [0.1, 0.15) is 6.61 Å². The number of hydrogen-bond donors (Lipinski definition) is 1. The SMILES string of the molecule is OCC#CCc1ccccc1. The lowest BCUT2D eigenvalue weighted by Crippen LogP contribution is -1.80. The Bertz CT molecular complexity index is 253. The molecule has 1 aromatic carbocycles. The lowest BCUT2D eigenvalue weighted by Gasteiger charge is -1.90. The summed E-state index contributed by atoms with van der Waals surface area (Å²) in [5, 5.41) is 8.37. The molecule has 0 amide bonds. The van der Waals surface area contributed by atoms with E-state index in [4.69, 9.17) is 5.11 Å². The van der Waals surface area contributed by atoms with Crippen molar-refractivity contribution in [2.75, 3.05) is 6.61 Å². The Morgan fingerprint density at radius 2 is 1.82 bits per heavy atom. The van der Waals surface area contributed by atoms with E-state index in [0.717, 1.165) is 6.42 Å². The van der Waals surface area contributed by atoms with Crippen LogP contribution in [0.2, 0.25) is 0 Å². The van der Waals surface area contributed by atoms with Crippen LogP contribution >= 0.6 is 0 Å². The van der Waals surface area contributed by atoms with Crippen molar-refractivity contribution in [2.45, 2.75) is 6.42 Å². The molecule has 1 N–H and O–H groups in total. The first kappa shape index (κ1) is 7.84. The van der Waals surface area contributed by atoms with Crippen LogP contribution in [0.4, 0.5) is 0 Å². The molecule has 1 nitrogen and oxygen atoms in total. The largest absolute Gasteiger partial charge is 0.384 e. The summed E-state index contributed by atoms with van der Waals surface area (Å²) in [6, 6.07) is 9.98. The summed E-state index contributed by atoms with van der Waals surface area (Å²) in [6.07, 6.45) is 0.724. The van der Waals surface area contributed by atoms with Gasteiger partial charge in [-0.1, -0.05) is 42.2 Å². The number of aliphatic hydroxyl groups is 1. The second-order valence-electron chi connectivity index (χ2n) is 2.17. The van der Waals surface area contributed by atoms with Gasteiger partial charge in [-0.2, -0.15) is 0 Å². The number of rotatable bonds is 1. The highest BCUT2D eigenvalue weighted by molar-refractivity contribution is 5.20. The highest BCUT2D eigenvalue weighted by Gasteiger charge is 1.83. The minimum atomic E-state index is -0.0488. The molecule has 0 heterocycles. The molecule has 0 radical (unpaired) electrons. The molecular formula is C10H10O. The number of benzene rings is 1. The highest BCUT2D eigenvalue weighted by Crippen LogP contribution is 1.97. The molecule has 1 aromatic rings. The summed E-state index contributed by atoms with van der Waals surface area (Å²) in [5.74, 6) is 5.45. The maximum absolute atomic E-state index is 8.37. The van der Waals surface area contributed by atoms with Gasteiger partial charge in [-0.3, -0.25) is 0 Å². The van der Waals surface area contributed by atoms with Crippen LogP contribution in [0.25, 0.3) is 0 Å². The van der Waals surface area contributed by atoms with Gasteiger partial charge < -0.3 is 5.11 Å². The zero-order valence-corrected chi connectivity index (χ0v) is 6.25. The number of aliphatic hydroxyl groups excluding tert-OH is 1. The van der Waals surface area contributed by atoms with E-state index in [1.54, 1.807) is 0 Å². The molecule has 0 aromatic heterocycles. The standard InChI is InChI=1S/C10H10O/c11-9-5-4-8-10-6-2-1-3-7-10/h1-3,6-7,11H,8-9H2. The summed E-state index contributed by atoms with van der Waals surface area (Å²) in [7, 11) is 0. The van der Waals surface area contributed by atoms with E-state index in [1.165, 1.54) is 5.56 Å². The topological polar surface area (TPSA) is 20.2 Å². The van der Waals surface area contributed by atoms with Crippen LogP contribution in [-0.2, 0) is 6.42 Å². The predicted octanol–water partition coefficient (Wildman–Crippen LogP) is 1.22. The molecule has 1 heteroatoms. The Balaban J connectivity index is 2.52. The fraction of sp³-hybridized carbons (Fsp3) is 0.200. The normalized spacial score (nSPS) is 8.45. The van der Waals surface area contributed by atoms with E-state index in [1.807, 2.05) is 30.3 Å². The molecule has 0 aliphatic rings. The first-order valence-corrected chi connectivity index (χ1v) is 3.54. The molecule has 0 fully saturated rings. The van der Waals surface area contributed by atoms with E-state index in [0.29, 0.717) is 0 Å². The van der Waals surface area contributed by atoms with Gasteiger partial charge in [-0.15, -0.1) is 0 Å². The van der Waals surface area contributed by atoms with E-state index < -0.39 is 0 Å². The van der Waals surface area contributed by atoms with Crippen molar-refractivity contribution in [1.29, 1.82) is 0 Å². The van der Waals surface area contributed by atoms with Crippen molar-refractivity contribution in [3.63, 3.8) is 0 Å². The molecular weight excluding hydrogens is 136 g/mol. The van der Waals surface area contributed by atoms with Crippen LogP contribution in [0.15, 0.2) is 30.3 Å². The van der Waals surface area contributed by atoms with E-state index in [-0.39, 0.29) is 6.61 Å². The molecule has 0 saturated heterocycles. The van der Waals surface area contributed by atoms with E-state index >= 15 is 0 Å². The average Bonchev–Trinajstić information content (AvgIpc) is 2.07. The molecule has 0 saturated carbocycles. The maximum Gasteiger partial charge on any atom is 0.104 e. The van der Waals surface area contributed by atoms with Crippen LogP contribution in [0, 0.1) is 11.8 Å². The lowest BCUT2D eigenvalue weighted by atomic mass is 10.2. The molecule has 0 unspecified atom stereocenters.